The minimum atomic E-state index is -3.84. The van der Waals surface area contributed by atoms with Crippen LogP contribution in [0, 0.1) is 0 Å². The third-order valence-corrected chi connectivity index (χ3v) is 8.11. The predicted octanol–water partition coefficient (Wildman–Crippen LogP) is 1.45. The van der Waals surface area contributed by atoms with E-state index in [0.717, 1.165) is 50.8 Å². The van der Waals surface area contributed by atoms with Crippen molar-refractivity contribution in [2.45, 2.75) is 56.8 Å². The van der Waals surface area contributed by atoms with Crippen molar-refractivity contribution in [2.24, 2.45) is 0 Å². The van der Waals surface area contributed by atoms with Crippen molar-refractivity contribution in [1.29, 1.82) is 0 Å². The number of aryl methyl sites for hydroxylation is 2. The predicted molar refractivity (Wildman–Crippen MR) is 114 cm³/mol. The summed E-state index contributed by atoms with van der Waals surface area (Å²) in [4.78, 5) is 14.7. The fourth-order valence-electron chi connectivity index (χ4n) is 4.91. The van der Waals surface area contributed by atoms with Crippen molar-refractivity contribution in [3.63, 3.8) is 0 Å². The Balaban J connectivity index is 0.00000240. The minimum absolute atomic E-state index is 0. The maximum absolute atomic E-state index is 12.9. The number of hydrogen-bond acceptors (Lipinski definition) is 5. The molecule has 9 heteroatoms. The molecule has 2 N–H and O–H groups in total. The van der Waals surface area contributed by atoms with Crippen LogP contribution in [0.2, 0.25) is 0 Å². The van der Waals surface area contributed by atoms with Gasteiger partial charge in [0.25, 0.3) is 0 Å². The zero-order valence-electron chi connectivity index (χ0n) is 17.6. The van der Waals surface area contributed by atoms with E-state index in [9.17, 15) is 13.2 Å². The van der Waals surface area contributed by atoms with Crippen LogP contribution in [0.25, 0.3) is 0 Å². The van der Waals surface area contributed by atoms with E-state index in [4.69, 9.17) is 4.74 Å². The molecular formula is C20H29KN3O4S. The summed E-state index contributed by atoms with van der Waals surface area (Å²) in [6.45, 7) is 3.66. The van der Waals surface area contributed by atoms with E-state index in [2.05, 4.69) is 16.1 Å². The summed E-state index contributed by atoms with van der Waals surface area (Å²) in [5, 5.41) is 2.14. The standard InChI is InChI=1S/C20H29N3O4S.K/c1-3-23-11-17(27-2)18(12-23)28(25,26)22-20(24)21-19-15-8-4-6-13(15)10-14-7-5-9-16(14)19;/h10,17-18H,3-9,11-12H2,1-2H3,(H2,21,22,24);. The fraction of sp³-hybridized carbons (Fsp3) is 0.650. The molecule has 2 amide bonds. The first kappa shape index (κ1) is 23.7. The summed E-state index contributed by atoms with van der Waals surface area (Å²) < 4.78 is 33.3. The van der Waals surface area contributed by atoms with Crippen LogP contribution in [0.5, 0.6) is 0 Å². The third-order valence-electron chi connectivity index (χ3n) is 6.39. The average molecular weight is 447 g/mol. The van der Waals surface area contributed by atoms with Crippen molar-refractivity contribution in [3.05, 3.63) is 28.3 Å². The molecule has 0 saturated carbocycles. The number of nitrogens with zero attached hydrogens (tertiary/aromatic N) is 1. The Kier molecular flexibility index (Phi) is 7.87. The van der Waals surface area contributed by atoms with Crippen molar-refractivity contribution < 1.29 is 17.9 Å². The molecule has 7 nitrogen and oxygen atoms in total. The number of urea groups is 1. The second kappa shape index (κ2) is 9.64. The number of carbonyl (C=O) groups is 1. The Morgan fingerprint density at radius 2 is 1.76 bits per heavy atom. The Morgan fingerprint density at radius 1 is 1.14 bits per heavy atom. The minimum Gasteiger partial charge on any atom is -0.379 e. The van der Waals surface area contributed by atoms with Gasteiger partial charge in [0.2, 0.25) is 10.0 Å². The molecule has 1 radical (unpaired) electrons. The van der Waals surface area contributed by atoms with Crippen LogP contribution in [-0.2, 0) is 40.4 Å². The first-order valence-electron chi connectivity index (χ1n) is 10.2. The molecule has 1 aromatic carbocycles. The molecule has 1 saturated heterocycles. The molecular weight excluding hydrogens is 417 g/mol. The summed E-state index contributed by atoms with van der Waals surface area (Å²) >= 11 is 0. The van der Waals surface area contributed by atoms with Gasteiger partial charge in [-0.05, 0) is 67.3 Å². The largest absolute Gasteiger partial charge is 0.379 e. The summed E-state index contributed by atoms with van der Waals surface area (Å²) in [5.74, 6) is 0. The fourth-order valence-corrected chi connectivity index (χ4v) is 6.38. The van der Waals surface area contributed by atoms with Crippen LogP contribution in [0.15, 0.2) is 6.07 Å². The Bertz CT molecular complexity index is 858. The van der Waals surface area contributed by atoms with Gasteiger partial charge in [0, 0.05) is 77.3 Å². The number of methoxy groups -OCH3 is 1. The summed E-state index contributed by atoms with van der Waals surface area (Å²) in [7, 11) is -2.32. The van der Waals surface area contributed by atoms with Crippen LogP contribution in [0.3, 0.4) is 0 Å². The topological polar surface area (TPSA) is 87.7 Å². The van der Waals surface area contributed by atoms with E-state index in [1.165, 1.54) is 29.4 Å². The van der Waals surface area contributed by atoms with Crippen LogP contribution in [0.4, 0.5) is 10.5 Å². The molecule has 4 rings (SSSR count). The number of amides is 2. The van der Waals surface area contributed by atoms with Gasteiger partial charge in [-0.25, -0.2) is 17.9 Å². The number of likely N-dealkylation sites (tertiary alicyclic amines) is 1. The maximum atomic E-state index is 12.9. The number of anilines is 1. The van der Waals surface area contributed by atoms with Gasteiger partial charge in [-0.1, -0.05) is 13.0 Å². The molecule has 29 heavy (non-hydrogen) atoms. The van der Waals surface area contributed by atoms with Crippen LogP contribution in [0.1, 0.15) is 42.0 Å². The van der Waals surface area contributed by atoms with Crippen molar-refractivity contribution >= 4 is 73.1 Å². The molecule has 2 unspecified atom stereocenters. The molecule has 1 heterocycles. The van der Waals surface area contributed by atoms with E-state index in [-0.39, 0.29) is 51.4 Å². The second-order valence-corrected chi connectivity index (χ2v) is 9.90. The third kappa shape index (κ3) is 4.77. The zero-order valence-corrected chi connectivity index (χ0v) is 21.5. The van der Waals surface area contributed by atoms with Gasteiger partial charge in [0.1, 0.15) is 5.25 Å². The van der Waals surface area contributed by atoms with E-state index < -0.39 is 27.4 Å². The number of fused-ring (bicyclic) bond motifs is 2. The monoisotopic (exact) mass is 446 g/mol. The molecule has 2 aliphatic carbocycles. The molecule has 2 atom stereocenters. The molecule has 1 aliphatic heterocycles. The molecule has 0 bridgehead atoms. The smallest absolute Gasteiger partial charge is 0.332 e. The van der Waals surface area contributed by atoms with E-state index >= 15 is 0 Å². The van der Waals surface area contributed by atoms with Gasteiger partial charge in [0.15, 0.2) is 0 Å². The SMILES string of the molecule is CCN1CC(OC)C(S(=O)(=O)NC(=O)Nc2c3c(cc4c2CCC4)CCC3)C1.[K]. The molecule has 3 aliphatic rings. The number of likely N-dealkylation sites (N-methyl/N-ethyl adjacent to an activating group) is 1. The summed E-state index contributed by atoms with van der Waals surface area (Å²) in [6, 6.07) is 1.62. The van der Waals surface area contributed by atoms with Crippen LogP contribution in [-0.4, -0.2) is 109 Å². The van der Waals surface area contributed by atoms with Crippen LogP contribution < -0.4 is 10.0 Å². The molecule has 155 valence electrons. The van der Waals surface area contributed by atoms with Crippen molar-refractivity contribution in [2.75, 3.05) is 32.1 Å². The number of hydrogen-bond donors (Lipinski definition) is 2. The number of sulfonamides is 1. The van der Waals surface area contributed by atoms with Gasteiger partial charge >= 0.3 is 6.03 Å². The summed E-state index contributed by atoms with van der Waals surface area (Å²) in [5.41, 5.74) is 5.81. The van der Waals surface area contributed by atoms with Gasteiger partial charge in [-0.3, -0.25) is 4.90 Å². The first-order valence-corrected chi connectivity index (χ1v) is 11.7. The zero-order chi connectivity index (χ0) is 19.9. The number of rotatable bonds is 5. The number of benzene rings is 1. The van der Waals surface area contributed by atoms with E-state index in [1.54, 1.807) is 0 Å². The average Bonchev–Trinajstić information content (AvgIpc) is 3.39. The molecule has 1 aromatic rings. The maximum Gasteiger partial charge on any atom is 0.332 e. The van der Waals surface area contributed by atoms with Gasteiger partial charge in [0.05, 0.1) is 6.10 Å². The molecule has 0 aromatic heterocycles. The van der Waals surface area contributed by atoms with Crippen molar-refractivity contribution in [1.82, 2.24) is 9.62 Å². The molecule has 1 fully saturated rings. The van der Waals surface area contributed by atoms with Gasteiger partial charge < -0.3 is 10.1 Å². The van der Waals surface area contributed by atoms with Gasteiger partial charge in [-0.15, -0.1) is 0 Å². The Morgan fingerprint density at radius 3 is 2.31 bits per heavy atom. The normalized spacial score (nSPS) is 23.4. The quantitative estimate of drug-likeness (QED) is 0.669. The molecule has 0 spiro atoms. The number of ether oxygens (including phenoxy) is 1. The Hall–Kier alpha value is -0.00364. The van der Waals surface area contributed by atoms with E-state index in [1.807, 2.05) is 11.8 Å². The number of carbonyl (C=O) groups excluding carboxylic acids is 1. The van der Waals surface area contributed by atoms with Crippen molar-refractivity contribution in [3.8, 4) is 0 Å². The summed E-state index contributed by atoms with van der Waals surface area (Å²) in [6.07, 6.45) is 5.66. The van der Waals surface area contributed by atoms with Crippen LogP contribution >= 0.6 is 0 Å². The Labute approximate surface area is 215 Å². The first-order chi connectivity index (χ1) is 13.4. The van der Waals surface area contributed by atoms with E-state index in [0.29, 0.717) is 13.1 Å². The number of nitrogens with one attached hydrogen (secondary N) is 2. The van der Waals surface area contributed by atoms with Gasteiger partial charge in [-0.2, -0.15) is 0 Å². The second-order valence-electron chi connectivity index (χ2n) is 8.00.